The van der Waals surface area contributed by atoms with Crippen LogP contribution < -0.4 is 5.43 Å². The predicted octanol–water partition coefficient (Wildman–Crippen LogP) is 3.13. The third kappa shape index (κ3) is 3.72. The summed E-state index contributed by atoms with van der Waals surface area (Å²) < 4.78 is 14.5. The van der Waals surface area contributed by atoms with E-state index in [0.29, 0.717) is 27.7 Å². The number of halogens is 2. The van der Waals surface area contributed by atoms with Gasteiger partial charge in [0.15, 0.2) is 0 Å². The third-order valence-corrected chi connectivity index (χ3v) is 3.79. The molecular formula is C17H13ClFN5O. The molecule has 1 amide bonds. The van der Waals surface area contributed by atoms with Gasteiger partial charge in [0.2, 0.25) is 0 Å². The Morgan fingerprint density at radius 3 is 2.60 bits per heavy atom. The maximum absolute atomic E-state index is 13.0. The molecule has 0 bridgehead atoms. The van der Waals surface area contributed by atoms with Crippen molar-refractivity contribution in [2.24, 2.45) is 5.10 Å². The number of aromatic nitrogens is 3. The van der Waals surface area contributed by atoms with Crippen molar-refractivity contribution in [1.82, 2.24) is 20.2 Å². The Balaban J connectivity index is 1.79. The van der Waals surface area contributed by atoms with Crippen LogP contribution in [-0.4, -0.2) is 26.9 Å². The summed E-state index contributed by atoms with van der Waals surface area (Å²) in [5.74, 6) is -0.706. The lowest BCUT2D eigenvalue weighted by Gasteiger charge is -2.02. The Hall–Kier alpha value is -3.06. The minimum absolute atomic E-state index is 0.311. The molecule has 25 heavy (non-hydrogen) atoms. The zero-order valence-corrected chi connectivity index (χ0v) is 13.9. The van der Waals surface area contributed by atoms with Gasteiger partial charge in [0.25, 0.3) is 5.91 Å². The highest BCUT2D eigenvalue weighted by molar-refractivity contribution is 6.32. The summed E-state index contributed by atoms with van der Waals surface area (Å²) >= 11 is 6.33. The van der Waals surface area contributed by atoms with Gasteiger partial charge >= 0.3 is 0 Å². The van der Waals surface area contributed by atoms with Crippen molar-refractivity contribution < 1.29 is 9.18 Å². The number of nitrogens with zero attached hydrogens (tertiary/aromatic N) is 4. The van der Waals surface area contributed by atoms with Crippen molar-refractivity contribution >= 4 is 23.7 Å². The number of amides is 1. The third-order valence-electron chi connectivity index (χ3n) is 3.42. The van der Waals surface area contributed by atoms with E-state index < -0.39 is 0 Å². The number of hydrogen-bond acceptors (Lipinski definition) is 4. The fourth-order valence-electron chi connectivity index (χ4n) is 2.13. The molecule has 3 rings (SSSR count). The Labute approximate surface area is 148 Å². The number of pyridine rings is 1. The lowest BCUT2D eigenvalue weighted by molar-refractivity contribution is 0.0955. The molecule has 0 saturated carbocycles. The molecule has 3 aromatic rings. The van der Waals surface area contributed by atoms with E-state index in [1.54, 1.807) is 31.2 Å². The largest absolute Gasteiger partial charge is 0.271 e. The highest BCUT2D eigenvalue weighted by atomic mass is 35.5. The van der Waals surface area contributed by atoms with Crippen LogP contribution in [-0.2, 0) is 0 Å². The number of aryl methyl sites for hydroxylation is 1. The molecule has 8 heteroatoms. The molecule has 0 fully saturated rings. The quantitative estimate of drug-likeness (QED) is 0.576. The van der Waals surface area contributed by atoms with E-state index in [2.05, 4.69) is 20.6 Å². The number of carbonyl (C=O) groups is 1. The van der Waals surface area contributed by atoms with Gasteiger partial charge in [-0.3, -0.25) is 9.78 Å². The normalized spacial score (nSPS) is 11.0. The number of hydrogen-bond donors (Lipinski definition) is 1. The number of carbonyl (C=O) groups excluding carboxylic acids is 1. The molecule has 0 atom stereocenters. The molecule has 0 unspecified atom stereocenters. The van der Waals surface area contributed by atoms with Crippen molar-refractivity contribution in [3.8, 4) is 5.69 Å². The maximum Gasteiger partial charge on any atom is 0.271 e. The summed E-state index contributed by atoms with van der Waals surface area (Å²) in [7, 11) is 0. The standard InChI is InChI=1S/C17H13ClFN5O/c1-11-15(10-21-22-17(25)12-6-8-20-9-7-12)16(18)24(23-11)14-4-2-13(19)3-5-14/h2-10H,1H3,(H,22,25)/b21-10-. The summed E-state index contributed by atoms with van der Waals surface area (Å²) in [6, 6.07) is 8.95. The summed E-state index contributed by atoms with van der Waals surface area (Å²) in [6.45, 7) is 1.76. The molecule has 0 spiro atoms. The van der Waals surface area contributed by atoms with Crippen LogP contribution in [0.4, 0.5) is 4.39 Å². The highest BCUT2D eigenvalue weighted by Gasteiger charge is 2.13. The first-order valence-electron chi connectivity index (χ1n) is 7.31. The van der Waals surface area contributed by atoms with E-state index in [9.17, 15) is 9.18 Å². The Morgan fingerprint density at radius 2 is 1.92 bits per heavy atom. The fraction of sp³-hybridized carbons (Fsp3) is 0.0588. The lowest BCUT2D eigenvalue weighted by atomic mass is 10.2. The summed E-state index contributed by atoms with van der Waals surface area (Å²) in [5, 5.41) is 8.55. The van der Waals surface area contributed by atoms with E-state index in [1.165, 1.54) is 35.4 Å². The maximum atomic E-state index is 13.0. The second kappa shape index (κ2) is 7.23. The highest BCUT2D eigenvalue weighted by Crippen LogP contribution is 2.22. The Morgan fingerprint density at radius 1 is 1.24 bits per heavy atom. The molecule has 2 heterocycles. The summed E-state index contributed by atoms with van der Waals surface area (Å²) in [4.78, 5) is 15.8. The van der Waals surface area contributed by atoms with Crippen LogP contribution in [0.2, 0.25) is 5.15 Å². The van der Waals surface area contributed by atoms with Crippen molar-refractivity contribution in [2.75, 3.05) is 0 Å². The smallest absolute Gasteiger partial charge is 0.267 e. The topological polar surface area (TPSA) is 72.2 Å². The average molecular weight is 358 g/mol. The van der Waals surface area contributed by atoms with E-state index in [-0.39, 0.29) is 11.7 Å². The van der Waals surface area contributed by atoms with Crippen molar-refractivity contribution in [3.05, 3.63) is 76.6 Å². The first kappa shape index (κ1) is 16.8. The minimum Gasteiger partial charge on any atom is -0.267 e. The first-order chi connectivity index (χ1) is 12.1. The Kier molecular flexibility index (Phi) is 4.85. The van der Waals surface area contributed by atoms with Crippen molar-refractivity contribution in [1.29, 1.82) is 0 Å². The second-order valence-electron chi connectivity index (χ2n) is 5.11. The van der Waals surface area contributed by atoms with E-state index in [4.69, 9.17) is 11.6 Å². The fourth-order valence-corrected chi connectivity index (χ4v) is 2.46. The average Bonchev–Trinajstić information content (AvgIpc) is 2.91. The molecule has 0 saturated heterocycles. The molecule has 1 N–H and O–H groups in total. The minimum atomic E-state index is -0.363. The summed E-state index contributed by atoms with van der Waals surface area (Å²) in [5.41, 5.74) is 4.66. The van der Waals surface area contributed by atoms with Crippen LogP contribution in [0, 0.1) is 12.7 Å². The molecule has 0 aliphatic heterocycles. The van der Waals surface area contributed by atoms with Gasteiger partial charge < -0.3 is 0 Å². The number of rotatable bonds is 4. The molecule has 0 aliphatic carbocycles. The lowest BCUT2D eigenvalue weighted by Crippen LogP contribution is -2.17. The molecule has 0 aliphatic rings. The SMILES string of the molecule is Cc1nn(-c2ccc(F)cc2)c(Cl)c1/C=N\NC(=O)c1ccncc1. The second-order valence-corrected chi connectivity index (χ2v) is 5.47. The van der Waals surface area contributed by atoms with Gasteiger partial charge in [0.05, 0.1) is 23.2 Å². The van der Waals surface area contributed by atoms with Crippen LogP contribution in [0.25, 0.3) is 5.69 Å². The van der Waals surface area contributed by atoms with Crippen molar-refractivity contribution in [3.63, 3.8) is 0 Å². The van der Waals surface area contributed by atoms with Crippen LogP contribution in [0.15, 0.2) is 53.9 Å². The van der Waals surface area contributed by atoms with Gasteiger partial charge in [-0.15, -0.1) is 0 Å². The molecule has 6 nitrogen and oxygen atoms in total. The number of nitrogens with one attached hydrogen (secondary N) is 1. The van der Waals surface area contributed by atoms with E-state index in [1.807, 2.05) is 0 Å². The zero-order chi connectivity index (χ0) is 17.8. The molecule has 126 valence electrons. The van der Waals surface area contributed by atoms with Crippen molar-refractivity contribution in [2.45, 2.75) is 6.92 Å². The van der Waals surface area contributed by atoms with Gasteiger partial charge in [-0.2, -0.15) is 10.2 Å². The van der Waals surface area contributed by atoms with Crippen LogP contribution >= 0.6 is 11.6 Å². The first-order valence-corrected chi connectivity index (χ1v) is 7.68. The molecule has 2 aromatic heterocycles. The monoisotopic (exact) mass is 357 g/mol. The van der Waals surface area contributed by atoms with Crippen LogP contribution in [0.3, 0.4) is 0 Å². The number of benzene rings is 1. The summed E-state index contributed by atoms with van der Waals surface area (Å²) in [6.07, 6.45) is 4.46. The van der Waals surface area contributed by atoms with Gasteiger partial charge in [-0.05, 0) is 43.3 Å². The van der Waals surface area contributed by atoms with E-state index >= 15 is 0 Å². The molecule has 0 radical (unpaired) electrons. The van der Waals surface area contributed by atoms with Gasteiger partial charge in [0.1, 0.15) is 11.0 Å². The number of hydrazone groups is 1. The van der Waals surface area contributed by atoms with E-state index in [0.717, 1.165) is 0 Å². The van der Waals surface area contributed by atoms with Gasteiger partial charge in [-0.25, -0.2) is 14.5 Å². The predicted molar refractivity (Wildman–Crippen MR) is 92.6 cm³/mol. The van der Waals surface area contributed by atoms with Gasteiger partial charge in [0, 0.05) is 18.0 Å². The van der Waals surface area contributed by atoms with Crippen LogP contribution in [0.1, 0.15) is 21.6 Å². The van der Waals surface area contributed by atoms with Crippen LogP contribution in [0.5, 0.6) is 0 Å². The molecule has 1 aromatic carbocycles. The molecular weight excluding hydrogens is 345 g/mol. The zero-order valence-electron chi connectivity index (χ0n) is 13.1. The Bertz CT molecular complexity index is 922. The van der Waals surface area contributed by atoms with Gasteiger partial charge in [-0.1, -0.05) is 11.6 Å².